The maximum absolute atomic E-state index is 11.9. The molecule has 1 aromatic carbocycles. The Morgan fingerprint density at radius 3 is 2.79 bits per heavy atom. The number of hydrogen-bond acceptors (Lipinski definition) is 4. The zero-order valence-electron chi connectivity index (χ0n) is 10.3. The highest BCUT2D eigenvalue weighted by molar-refractivity contribution is 6.33. The van der Waals surface area contributed by atoms with Crippen molar-refractivity contribution in [3.63, 3.8) is 0 Å². The summed E-state index contributed by atoms with van der Waals surface area (Å²) >= 11 is 6.02. The van der Waals surface area contributed by atoms with E-state index >= 15 is 0 Å². The van der Waals surface area contributed by atoms with Crippen LogP contribution in [0.25, 0.3) is 0 Å². The molecule has 2 rings (SSSR count). The molecule has 0 saturated heterocycles. The van der Waals surface area contributed by atoms with Crippen LogP contribution >= 0.6 is 11.6 Å². The van der Waals surface area contributed by atoms with Gasteiger partial charge in [-0.25, -0.2) is 0 Å². The number of nitrogens with one attached hydrogen (secondary N) is 1. The van der Waals surface area contributed by atoms with Gasteiger partial charge in [0, 0.05) is 6.08 Å². The molecule has 1 aliphatic rings. The first-order valence-corrected chi connectivity index (χ1v) is 6.12. The summed E-state index contributed by atoms with van der Waals surface area (Å²) in [6.45, 7) is 1.63. The average Bonchev–Trinajstić information content (AvgIpc) is 2.62. The highest BCUT2D eigenvalue weighted by atomic mass is 35.5. The topological polar surface area (TPSA) is 69.6 Å². The highest BCUT2D eigenvalue weighted by Gasteiger charge is 2.30. The first-order valence-electron chi connectivity index (χ1n) is 5.74. The van der Waals surface area contributed by atoms with Gasteiger partial charge in [-0.05, 0) is 24.6 Å². The highest BCUT2D eigenvalue weighted by Crippen LogP contribution is 2.25. The number of imide groups is 1. The Morgan fingerprint density at radius 1 is 1.37 bits per heavy atom. The Bertz CT molecular complexity index is 569. The third-order valence-electron chi connectivity index (χ3n) is 2.72. The van der Waals surface area contributed by atoms with E-state index in [-0.39, 0.29) is 18.8 Å². The van der Waals surface area contributed by atoms with Gasteiger partial charge >= 0.3 is 0 Å². The standard InChI is InChI=1S/C13H13ClN2O3/c1-8-2-3-9(14)10(6-8)15-11-7-12(18)16(4-5-17)13(11)19/h2-3,6-7,15,17H,4-5H2,1H3. The van der Waals surface area contributed by atoms with E-state index in [2.05, 4.69) is 5.32 Å². The predicted octanol–water partition coefficient (Wildman–Crippen LogP) is 1.31. The van der Waals surface area contributed by atoms with Crippen LogP contribution in [0, 0.1) is 6.92 Å². The fourth-order valence-electron chi connectivity index (χ4n) is 1.79. The summed E-state index contributed by atoms with van der Waals surface area (Å²) in [7, 11) is 0. The summed E-state index contributed by atoms with van der Waals surface area (Å²) in [6.07, 6.45) is 1.21. The average molecular weight is 281 g/mol. The second-order valence-electron chi connectivity index (χ2n) is 4.18. The Kier molecular flexibility index (Phi) is 3.87. The number of carbonyl (C=O) groups is 2. The number of amides is 2. The lowest BCUT2D eigenvalue weighted by Crippen LogP contribution is -2.34. The molecule has 0 atom stereocenters. The normalized spacial score (nSPS) is 14.9. The Labute approximate surface area is 115 Å². The molecule has 0 unspecified atom stereocenters. The lowest BCUT2D eigenvalue weighted by molar-refractivity contribution is -0.137. The first kappa shape index (κ1) is 13.6. The van der Waals surface area contributed by atoms with E-state index in [1.54, 1.807) is 12.1 Å². The molecule has 0 bridgehead atoms. The molecule has 0 aliphatic carbocycles. The minimum absolute atomic E-state index is 0.0130. The molecule has 100 valence electrons. The second-order valence-corrected chi connectivity index (χ2v) is 4.59. The number of rotatable bonds is 4. The van der Waals surface area contributed by atoms with Crippen molar-refractivity contribution < 1.29 is 14.7 Å². The van der Waals surface area contributed by atoms with Gasteiger partial charge < -0.3 is 10.4 Å². The Hall–Kier alpha value is -1.85. The molecule has 0 aromatic heterocycles. The fraction of sp³-hybridized carbons (Fsp3) is 0.231. The molecule has 0 saturated carbocycles. The van der Waals surface area contributed by atoms with E-state index in [4.69, 9.17) is 16.7 Å². The molecule has 1 heterocycles. The van der Waals surface area contributed by atoms with Gasteiger partial charge in [0.25, 0.3) is 11.8 Å². The summed E-state index contributed by atoms with van der Waals surface area (Å²) < 4.78 is 0. The number of carbonyl (C=O) groups excluding carboxylic acids is 2. The number of hydrogen-bond donors (Lipinski definition) is 2. The smallest absolute Gasteiger partial charge is 0.277 e. The molecule has 1 aliphatic heterocycles. The zero-order valence-corrected chi connectivity index (χ0v) is 11.1. The fourth-order valence-corrected chi connectivity index (χ4v) is 1.95. The lowest BCUT2D eigenvalue weighted by atomic mass is 10.2. The van der Waals surface area contributed by atoms with Crippen molar-refractivity contribution in [3.8, 4) is 0 Å². The lowest BCUT2D eigenvalue weighted by Gasteiger charge is -2.14. The van der Waals surface area contributed by atoms with Gasteiger partial charge in [-0.3, -0.25) is 14.5 Å². The minimum Gasteiger partial charge on any atom is -0.395 e. The molecule has 2 N–H and O–H groups in total. The third-order valence-corrected chi connectivity index (χ3v) is 3.05. The van der Waals surface area contributed by atoms with Crippen molar-refractivity contribution in [1.29, 1.82) is 0 Å². The second kappa shape index (κ2) is 5.42. The van der Waals surface area contributed by atoms with Crippen LogP contribution < -0.4 is 5.32 Å². The van der Waals surface area contributed by atoms with E-state index in [9.17, 15) is 9.59 Å². The number of aliphatic hydroxyl groups is 1. The number of anilines is 1. The minimum atomic E-state index is -0.461. The molecule has 0 fully saturated rings. The molecule has 6 heteroatoms. The van der Waals surface area contributed by atoms with Crippen LogP contribution in [0.3, 0.4) is 0 Å². The maximum Gasteiger partial charge on any atom is 0.277 e. The summed E-state index contributed by atoms with van der Waals surface area (Å²) in [5.41, 5.74) is 1.71. The van der Waals surface area contributed by atoms with Crippen LogP contribution in [0.4, 0.5) is 5.69 Å². The molecule has 2 amide bonds. The van der Waals surface area contributed by atoms with Gasteiger partial charge in [0.15, 0.2) is 0 Å². The number of nitrogens with zero attached hydrogens (tertiary/aromatic N) is 1. The molecule has 5 nitrogen and oxygen atoms in total. The van der Waals surface area contributed by atoms with E-state index in [0.717, 1.165) is 10.5 Å². The van der Waals surface area contributed by atoms with Crippen LogP contribution in [0.5, 0.6) is 0 Å². The van der Waals surface area contributed by atoms with Crippen molar-refractivity contribution >= 4 is 29.1 Å². The number of aliphatic hydroxyl groups excluding tert-OH is 1. The van der Waals surface area contributed by atoms with E-state index in [0.29, 0.717) is 10.7 Å². The van der Waals surface area contributed by atoms with Crippen molar-refractivity contribution in [2.45, 2.75) is 6.92 Å². The molecule has 0 spiro atoms. The summed E-state index contributed by atoms with van der Waals surface area (Å²) in [5, 5.41) is 12.1. The van der Waals surface area contributed by atoms with Gasteiger partial charge in [0.2, 0.25) is 0 Å². The van der Waals surface area contributed by atoms with Crippen molar-refractivity contribution in [1.82, 2.24) is 4.90 Å². The predicted molar refractivity (Wildman–Crippen MR) is 71.7 cm³/mol. The van der Waals surface area contributed by atoms with Crippen LogP contribution in [0.2, 0.25) is 5.02 Å². The molecular weight excluding hydrogens is 268 g/mol. The van der Waals surface area contributed by atoms with Crippen LogP contribution in [0.15, 0.2) is 30.0 Å². The first-order chi connectivity index (χ1) is 9.02. The molecule has 1 aromatic rings. The largest absolute Gasteiger partial charge is 0.395 e. The summed E-state index contributed by atoms with van der Waals surface area (Å²) in [4.78, 5) is 24.5. The van der Waals surface area contributed by atoms with Crippen LogP contribution in [-0.4, -0.2) is 35.0 Å². The van der Waals surface area contributed by atoms with Gasteiger partial charge in [-0.1, -0.05) is 17.7 Å². The number of β-amino-alcohol motifs (C(OH)–C–C–N with tert-alkyl or cyclic N) is 1. The van der Waals surface area contributed by atoms with Crippen molar-refractivity contribution in [2.75, 3.05) is 18.5 Å². The SMILES string of the molecule is Cc1ccc(Cl)c(NC2=CC(=O)N(CCO)C2=O)c1. The van der Waals surface area contributed by atoms with E-state index in [1.165, 1.54) is 6.08 Å². The van der Waals surface area contributed by atoms with E-state index in [1.807, 2.05) is 13.0 Å². The number of benzene rings is 1. The van der Waals surface area contributed by atoms with Crippen molar-refractivity contribution in [2.24, 2.45) is 0 Å². The summed E-state index contributed by atoms with van der Waals surface area (Å²) in [6, 6.07) is 5.35. The third kappa shape index (κ3) is 2.77. The van der Waals surface area contributed by atoms with Crippen molar-refractivity contribution in [3.05, 3.63) is 40.6 Å². The van der Waals surface area contributed by atoms with Gasteiger partial charge in [0.1, 0.15) is 5.70 Å². The summed E-state index contributed by atoms with van der Waals surface area (Å²) in [5.74, 6) is -0.901. The zero-order chi connectivity index (χ0) is 14.0. The van der Waals surface area contributed by atoms with Gasteiger partial charge in [-0.15, -0.1) is 0 Å². The molecular formula is C13H13ClN2O3. The maximum atomic E-state index is 11.9. The van der Waals surface area contributed by atoms with Crippen LogP contribution in [0.1, 0.15) is 5.56 Å². The Balaban J connectivity index is 2.20. The Morgan fingerprint density at radius 2 is 2.11 bits per heavy atom. The van der Waals surface area contributed by atoms with Crippen LogP contribution in [-0.2, 0) is 9.59 Å². The van der Waals surface area contributed by atoms with E-state index < -0.39 is 11.8 Å². The quantitative estimate of drug-likeness (QED) is 0.816. The number of halogens is 1. The number of aryl methyl sites for hydroxylation is 1. The molecule has 0 radical (unpaired) electrons. The van der Waals surface area contributed by atoms with Gasteiger partial charge in [0.05, 0.1) is 23.9 Å². The molecule has 19 heavy (non-hydrogen) atoms. The van der Waals surface area contributed by atoms with Gasteiger partial charge in [-0.2, -0.15) is 0 Å². The monoisotopic (exact) mass is 280 g/mol.